The largest absolute Gasteiger partial charge is 0.303 e. The third kappa shape index (κ3) is 36.5. The zero-order valence-electron chi connectivity index (χ0n) is 32.9. The van der Waals surface area contributed by atoms with Crippen molar-refractivity contribution >= 4 is 0 Å². The van der Waals surface area contributed by atoms with Crippen LogP contribution in [0.2, 0.25) is 0 Å². The van der Waals surface area contributed by atoms with E-state index in [1.165, 1.54) is 251 Å². The molecule has 0 aliphatic heterocycles. The zero-order chi connectivity index (χ0) is 33.4. The molecule has 0 aromatic heterocycles. The van der Waals surface area contributed by atoms with Gasteiger partial charge in [0.1, 0.15) is 0 Å². The highest BCUT2D eigenvalue weighted by Crippen LogP contribution is 2.25. The molecule has 0 saturated carbocycles. The van der Waals surface area contributed by atoms with E-state index in [4.69, 9.17) is 0 Å². The van der Waals surface area contributed by atoms with Crippen LogP contribution in [-0.2, 0) is 0 Å². The van der Waals surface area contributed by atoms with Crippen molar-refractivity contribution in [3.05, 3.63) is 12.7 Å². The Morgan fingerprint density at radius 3 is 0.913 bits per heavy atom. The normalized spacial score (nSPS) is 11.8. The predicted molar refractivity (Wildman–Crippen MR) is 213 cm³/mol. The summed E-state index contributed by atoms with van der Waals surface area (Å²) in [5, 5.41) is 0. The van der Waals surface area contributed by atoms with E-state index in [0.29, 0.717) is 0 Å². The zero-order valence-corrected chi connectivity index (χ0v) is 32.9. The van der Waals surface area contributed by atoms with Crippen molar-refractivity contribution in [2.75, 3.05) is 19.6 Å². The van der Waals surface area contributed by atoms with E-state index in [-0.39, 0.29) is 0 Å². The van der Waals surface area contributed by atoms with Crippen molar-refractivity contribution in [2.24, 2.45) is 5.92 Å². The number of rotatable bonds is 41. The molecule has 0 saturated heterocycles. The molecular weight excluding hydrogens is 555 g/mol. The Kier molecular flexibility index (Phi) is 40.6. The van der Waals surface area contributed by atoms with E-state index in [2.05, 4.69) is 38.3 Å². The molecule has 0 rings (SSSR count). The van der Waals surface area contributed by atoms with Crippen LogP contribution >= 0.6 is 0 Å². The van der Waals surface area contributed by atoms with Gasteiger partial charge in [-0.25, -0.2) is 0 Å². The van der Waals surface area contributed by atoms with E-state index in [0.717, 1.165) is 5.92 Å². The maximum Gasteiger partial charge on any atom is -0.00158 e. The second-order valence-corrected chi connectivity index (χ2v) is 15.4. The van der Waals surface area contributed by atoms with Crippen LogP contribution < -0.4 is 0 Å². The molecule has 0 amide bonds. The molecule has 0 spiro atoms. The Morgan fingerprint density at radius 2 is 0.609 bits per heavy atom. The SMILES string of the molecule is C=CCCCN(CCCCCCCCCCCCCCCC)CCCCCCCC(CCCCCCCC)CCCCCCCC. The van der Waals surface area contributed by atoms with Gasteiger partial charge in [-0.05, 0) is 51.2 Å². The minimum atomic E-state index is 1.02. The van der Waals surface area contributed by atoms with Gasteiger partial charge < -0.3 is 4.90 Å². The van der Waals surface area contributed by atoms with Gasteiger partial charge in [-0.3, -0.25) is 0 Å². The summed E-state index contributed by atoms with van der Waals surface area (Å²) in [6.07, 6.45) is 54.2. The first-order valence-electron chi connectivity index (χ1n) is 22.1. The summed E-state index contributed by atoms with van der Waals surface area (Å²) in [6.45, 7) is 14.9. The summed E-state index contributed by atoms with van der Waals surface area (Å²) in [5.41, 5.74) is 0. The van der Waals surface area contributed by atoms with Crippen LogP contribution in [0, 0.1) is 5.92 Å². The quantitative estimate of drug-likeness (QED) is 0.0472. The molecule has 0 bridgehead atoms. The molecule has 0 heterocycles. The third-order valence-corrected chi connectivity index (χ3v) is 10.7. The first-order valence-corrected chi connectivity index (χ1v) is 22.1. The molecule has 1 nitrogen and oxygen atoms in total. The minimum absolute atomic E-state index is 1.02. The van der Waals surface area contributed by atoms with Gasteiger partial charge in [0.2, 0.25) is 0 Å². The van der Waals surface area contributed by atoms with Crippen LogP contribution in [0.1, 0.15) is 252 Å². The number of hydrogen-bond donors (Lipinski definition) is 0. The van der Waals surface area contributed by atoms with Crippen LogP contribution in [0.3, 0.4) is 0 Å². The molecule has 0 aliphatic carbocycles. The van der Waals surface area contributed by atoms with Gasteiger partial charge in [0.05, 0.1) is 0 Å². The van der Waals surface area contributed by atoms with Gasteiger partial charge >= 0.3 is 0 Å². The standard InChI is InChI=1S/C45H91N/c1-5-9-13-16-19-20-21-22-23-24-25-26-31-37-43-46(42-36-12-8-4)44-38-32-27-30-35-41-45(39-33-28-17-14-10-6-2)40-34-29-18-15-11-7-3/h8,45H,4-7,9-44H2,1-3H3. The van der Waals surface area contributed by atoms with Crippen LogP contribution in [0.5, 0.6) is 0 Å². The lowest BCUT2D eigenvalue weighted by Crippen LogP contribution is -2.27. The van der Waals surface area contributed by atoms with Gasteiger partial charge in [-0.2, -0.15) is 0 Å². The third-order valence-electron chi connectivity index (χ3n) is 10.7. The summed E-state index contributed by atoms with van der Waals surface area (Å²) in [5.74, 6) is 1.02. The van der Waals surface area contributed by atoms with E-state index in [1.807, 2.05) is 0 Å². The number of nitrogens with zero attached hydrogens (tertiary/aromatic N) is 1. The molecule has 0 radical (unpaired) electrons. The van der Waals surface area contributed by atoms with E-state index >= 15 is 0 Å². The monoisotopic (exact) mass is 646 g/mol. The summed E-state index contributed by atoms with van der Waals surface area (Å²) >= 11 is 0. The highest BCUT2D eigenvalue weighted by molar-refractivity contribution is 4.68. The lowest BCUT2D eigenvalue weighted by Gasteiger charge is -2.22. The van der Waals surface area contributed by atoms with Gasteiger partial charge in [0.15, 0.2) is 0 Å². The van der Waals surface area contributed by atoms with Crippen molar-refractivity contribution in [3.63, 3.8) is 0 Å². The average Bonchev–Trinajstić information content (AvgIpc) is 3.06. The summed E-state index contributed by atoms with van der Waals surface area (Å²) < 4.78 is 0. The number of unbranched alkanes of at least 4 members (excludes halogenated alkanes) is 28. The predicted octanol–water partition coefficient (Wildman–Crippen LogP) is 16.2. The molecule has 0 aliphatic rings. The second-order valence-electron chi connectivity index (χ2n) is 15.4. The van der Waals surface area contributed by atoms with Crippen LogP contribution in [0.25, 0.3) is 0 Å². The molecule has 0 unspecified atom stereocenters. The molecule has 0 atom stereocenters. The molecule has 0 aromatic carbocycles. The molecule has 276 valence electrons. The maximum atomic E-state index is 3.96. The molecule has 46 heavy (non-hydrogen) atoms. The molecular formula is C45H91N. The van der Waals surface area contributed by atoms with Gasteiger partial charge in [0.25, 0.3) is 0 Å². The lowest BCUT2D eigenvalue weighted by molar-refractivity contribution is 0.257. The smallest absolute Gasteiger partial charge is 0.00158 e. The summed E-state index contributed by atoms with van der Waals surface area (Å²) in [7, 11) is 0. The Hall–Kier alpha value is -0.300. The topological polar surface area (TPSA) is 3.24 Å². The molecule has 0 aromatic rings. The van der Waals surface area contributed by atoms with Crippen molar-refractivity contribution in [2.45, 2.75) is 252 Å². The van der Waals surface area contributed by atoms with Crippen LogP contribution in [-0.4, -0.2) is 24.5 Å². The Morgan fingerprint density at radius 1 is 0.348 bits per heavy atom. The molecule has 0 N–H and O–H groups in total. The van der Waals surface area contributed by atoms with E-state index in [9.17, 15) is 0 Å². The summed E-state index contributed by atoms with van der Waals surface area (Å²) in [6, 6.07) is 0. The Balaban J connectivity index is 4.01. The van der Waals surface area contributed by atoms with Crippen molar-refractivity contribution in [1.29, 1.82) is 0 Å². The van der Waals surface area contributed by atoms with E-state index in [1.54, 1.807) is 0 Å². The Bertz CT molecular complexity index is 525. The van der Waals surface area contributed by atoms with Gasteiger partial charge in [-0.1, -0.05) is 232 Å². The Labute approximate surface area is 294 Å². The fourth-order valence-electron chi connectivity index (χ4n) is 7.48. The first-order chi connectivity index (χ1) is 22.8. The molecule has 1 heteroatoms. The number of hydrogen-bond acceptors (Lipinski definition) is 1. The average molecular weight is 646 g/mol. The first kappa shape index (κ1) is 45.7. The highest BCUT2D eigenvalue weighted by Gasteiger charge is 2.09. The van der Waals surface area contributed by atoms with Crippen LogP contribution in [0.4, 0.5) is 0 Å². The van der Waals surface area contributed by atoms with Crippen molar-refractivity contribution < 1.29 is 0 Å². The van der Waals surface area contributed by atoms with Gasteiger partial charge in [0, 0.05) is 0 Å². The fourth-order valence-corrected chi connectivity index (χ4v) is 7.48. The van der Waals surface area contributed by atoms with Crippen molar-refractivity contribution in [3.8, 4) is 0 Å². The van der Waals surface area contributed by atoms with Gasteiger partial charge in [-0.15, -0.1) is 6.58 Å². The second kappa shape index (κ2) is 40.9. The minimum Gasteiger partial charge on any atom is -0.303 e. The number of allylic oxidation sites excluding steroid dienone is 1. The highest BCUT2D eigenvalue weighted by atomic mass is 15.1. The fraction of sp³-hybridized carbons (Fsp3) is 0.956. The summed E-state index contributed by atoms with van der Waals surface area (Å²) in [4.78, 5) is 2.79. The van der Waals surface area contributed by atoms with Crippen molar-refractivity contribution in [1.82, 2.24) is 4.90 Å². The lowest BCUT2D eigenvalue weighted by atomic mass is 9.89. The van der Waals surface area contributed by atoms with Crippen LogP contribution in [0.15, 0.2) is 12.7 Å². The maximum absolute atomic E-state index is 3.96. The van der Waals surface area contributed by atoms with E-state index < -0.39 is 0 Å². The molecule has 0 fully saturated rings.